The highest BCUT2D eigenvalue weighted by Gasteiger charge is 2.48. The lowest BCUT2D eigenvalue weighted by atomic mass is 9.95. The number of aliphatic hydroxyl groups is 1. The van der Waals surface area contributed by atoms with Gasteiger partial charge >= 0.3 is 5.91 Å². The molecule has 11 heteroatoms. The molecule has 0 bridgehead atoms. The molecule has 5 aromatic rings. The lowest BCUT2D eigenvalue weighted by Gasteiger charge is -2.23. The number of aliphatic hydroxyl groups excluding tert-OH is 1. The summed E-state index contributed by atoms with van der Waals surface area (Å²) in [5, 5.41) is 22.9. The molecule has 1 saturated heterocycles. The van der Waals surface area contributed by atoms with Gasteiger partial charge in [0.25, 0.3) is 5.78 Å². The number of hydrogen-bond acceptors (Lipinski definition) is 10. The molecule has 46 heavy (non-hydrogen) atoms. The van der Waals surface area contributed by atoms with Gasteiger partial charge in [0.15, 0.2) is 15.8 Å². The van der Waals surface area contributed by atoms with Crippen molar-refractivity contribution < 1.29 is 28.9 Å². The first-order chi connectivity index (χ1) is 22.5. The number of amides is 1. The summed E-state index contributed by atoms with van der Waals surface area (Å²) in [5.41, 5.74) is 2.01. The number of ketones is 1. The van der Waals surface area contributed by atoms with Crippen LogP contribution in [-0.2, 0) is 15.3 Å². The maximum absolute atomic E-state index is 13.7. The van der Waals surface area contributed by atoms with Crippen molar-refractivity contribution in [3.63, 3.8) is 0 Å². The molecule has 1 N–H and O–H groups in total. The molecule has 0 radical (unpaired) electrons. The predicted octanol–water partition coefficient (Wildman–Crippen LogP) is 7.17. The first kappa shape index (κ1) is 29.8. The van der Waals surface area contributed by atoms with Crippen molar-refractivity contribution in [2.45, 2.75) is 29.5 Å². The average Bonchev–Trinajstić information content (AvgIpc) is 3.67. The van der Waals surface area contributed by atoms with E-state index < -0.39 is 17.7 Å². The zero-order valence-electron chi connectivity index (χ0n) is 24.8. The third-order valence-corrected chi connectivity index (χ3v) is 9.84. The van der Waals surface area contributed by atoms with Crippen molar-refractivity contribution in [1.29, 1.82) is 0 Å². The van der Waals surface area contributed by atoms with Crippen LogP contribution in [0.1, 0.15) is 36.1 Å². The van der Waals surface area contributed by atoms with Gasteiger partial charge in [-0.2, -0.15) is 0 Å². The van der Waals surface area contributed by atoms with Crippen LogP contribution in [0.4, 0.5) is 5.13 Å². The van der Waals surface area contributed by atoms with Crippen LogP contribution in [0, 0.1) is 0 Å². The smallest absolute Gasteiger partial charge is 0.301 e. The second kappa shape index (κ2) is 12.9. The van der Waals surface area contributed by atoms with E-state index in [1.165, 1.54) is 28.0 Å². The summed E-state index contributed by atoms with van der Waals surface area (Å²) >= 11 is 2.74. The molecule has 0 aliphatic carbocycles. The third kappa shape index (κ3) is 5.67. The summed E-state index contributed by atoms with van der Waals surface area (Å²) in [6.45, 7) is 3.31. The molecule has 7 rings (SSSR count). The Morgan fingerprint density at radius 3 is 2.65 bits per heavy atom. The minimum Gasteiger partial charge on any atom is -0.507 e. The normalized spacial score (nSPS) is 17.1. The van der Waals surface area contributed by atoms with E-state index in [0.717, 1.165) is 22.8 Å². The van der Waals surface area contributed by atoms with E-state index in [1.54, 1.807) is 36.4 Å². The molecule has 0 unspecified atom stereocenters. The number of hydrogen-bond donors (Lipinski definition) is 1. The van der Waals surface area contributed by atoms with Gasteiger partial charge in [-0.25, -0.2) is 0 Å². The van der Waals surface area contributed by atoms with Crippen LogP contribution in [-0.4, -0.2) is 46.8 Å². The summed E-state index contributed by atoms with van der Waals surface area (Å²) in [5.74, 6) is 0.295. The maximum atomic E-state index is 13.7. The Hall–Kier alpha value is -4.87. The molecule has 9 nitrogen and oxygen atoms in total. The molecule has 1 amide bonds. The average molecular weight is 652 g/mol. The zero-order chi connectivity index (χ0) is 31.6. The molecule has 4 aromatic carbocycles. The van der Waals surface area contributed by atoms with Crippen LogP contribution in [0.25, 0.3) is 16.5 Å². The van der Waals surface area contributed by atoms with E-state index in [4.69, 9.17) is 14.2 Å². The molecule has 1 aromatic heterocycles. The number of anilines is 1. The molecule has 1 fully saturated rings. The van der Waals surface area contributed by atoms with E-state index >= 15 is 0 Å². The van der Waals surface area contributed by atoms with Gasteiger partial charge in [0.1, 0.15) is 24.7 Å². The van der Waals surface area contributed by atoms with E-state index in [1.807, 2.05) is 31.2 Å². The van der Waals surface area contributed by atoms with Crippen LogP contribution in [0.2, 0.25) is 0 Å². The number of rotatable bonds is 9. The largest absolute Gasteiger partial charge is 0.507 e. The number of aromatic nitrogens is 2. The molecule has 232 valence electrons. The summed E-state index contributed by atoms with van der Waals surface area (Å²) in [6.07, 6.45) is 0.816. The minimum absolute atomic E-state index is 0.0607. The Morgan fingerprint density at radius 2 is 1.78 bits per heavy atom. The lowest BCUT2D eigenvalue weighted by Crippen LogP contribution is -2.29. The SMILES string of the molecule is CCCOc1cccc([C@@H]2/C(=C(\O)c3ccc4c(c3)OCCO4)C(=O)C(=O)N2c2nnc(SCc3cccc4ccccc34)s2)c1. The number of carbonyl (C=O) groups is 2. The Balaban J connectivity index is 1.26. The number of fused-ring (bicyclic) bond motifs is 2. The zero-order valence-corrected chi connectivity index (χ0v) is 26.5. The molecule has 2 aliphatic rings. The first-order valence-electron chi connectivity index (χ1n) is 14.9. The van der Waals surface area contributed by atoms with Gasteiger partial charge in [-0.3, -0.25) is 14.5 Å². The van der Waals surface area contributed by atoms with Crippen LogP contribution in [0.5, 0.6) is 17.2 Å². The van der Waals surface area contributed by atoms with Crippen molar-refractivity contribution in [3.05, 3.63) is 107 Å². The lowest BCUT2D eigenvalue weighted by molar-refractivity contribution is -0.132. The predicted molar refractivity (Wildman–Crippen MR) is 178 cm³/mol. The number of benzene rings is 4. The fourth-order valence-electron chi connectivity index (χ4n) is 5.60. The van der Waals surface area contributed by atoms with E-state index in [9.17, 15) is 14.7 Å². The van der Waals surface area contributed by atoms with Gasteiger partial charge < -0.3 is 19.3 Å². The highest BCUT2D eigenvalue weighted by atomic mass is 32.2. The standard InChI is InChI=1S/C35H29N3O6S2/c1-2-15-42-25-11-6-9-22(18-25)30-29(31(39)23-13-14-27-28(19-23)44-17-16-43-27)32(40)33(41)38(30)34-36-37-35(46-34)45-20-24-10-5-8-21-7-3-4-12-26(21)24/h3-14,18-19,30,39H,2,15-17,20H2,1H3/b31-29+/t30-/m1/s1. The van der Waals surface area contributed by atoms with E-state index in [2.05, 4.69) is 34.5 Å². The van der Waals surface area contributed by atoms with Crippen molar-refractivity contribution in [1.82, 2.24) is 10.2 Å². The topological polar surface area (TPSA) is 111 Å². The summed E-state index contributed by atoms with van der Waals surface area (Å²) in [6, 6.07) is 25.6. The van der Waals surface area contributed by atoms with Gasteiger partial charge in [-0.15, -0.1) is 10.2 Å². The molecule has 2 aliphatic heterocycles. The summed E-state index contributed by atoms with van der Waals surface area (Å²) < 4.78 is 17.9. The van der Waals surface area contributed by atoms with Crippen molar-refractivity contribution in [2.24, 2.45) is 0 Å². The fraction of sp³-hybridized carbons (Fsp3) is 0.200. The van der Waals surface area contributed by atoms with E-state index in [0.29, 0.717) is 58.3 Å². The summed E-state index contributed by atoms with van der Waals surface area (Å²) in [4.78, 5) is 28.8. The monoisotopic (exact) mass is 651 g/mol. The maximum Gasteiger partial charge on any atom is 0.301 e. The van der Waals surface area contributed by atoms with Crippen LogP contribution >= 0.6 is 23.1 Å². The molecule has 0 saturated carbocycles. The van der Waals surface area contributed by atoms with Crippen LogP contribution < -0.4 is 19.1 Å². The number of carbonyl (C=O) groups excluding carboxylic acids is 2. The number of thioether (sulfide) groups is 1. The van der Waals surface area contributed by atoms with Crippen molar-refractivity contribution in [3.8, 4) is 17.2 Å². The Morgan fingerprint density at radius 1 is 0.978 bits per heavy atom. The van der Waals surface area contributed by atoms with Crippen molar-refractivity contribution in [2.75, 3.05) is 24.7 Å². The molecule has 1 atom stereocenters. The molecule has 0 spiro atoms. The first-order valence-corrected chi connectivity index (χ1v) is 16.7. The second-order valence-corrected chi connectivity index (χ2v) is 12.9. The third-order valence-electron chi connectivity index (χ3n) is 7.74. The summed E-state index contributed by atoms with van der Waals surface area (Å²) in [7, 11) is 0. The van der Waals surface area contributed by atoms with Gasteiger partial charge in [-0.05, 0) is 58.7 Å². The van der Waals surface area contributed by atoms with Gasteiger partial charge in [0.2, 0.25) is 5.13 Å². The van der Waals surface area contributed by atoms with Gasteiger partial charge in [0.05, 0.1) is 18.2 Å². The Labute approximate surface area is 273 Å². The van der Waals surface area contributed by atoms with Crippen LogP contribution in [0.15, 0.2) is 94.8 Å². The van der Waals surface area contributed by atoms with Gasteiger partial charge in [-0.1, -0.05) is 84.6 Å². The minimum atomic E-state index is -0.970. The fourth-order valence-corrected chi connectivity index (χ4v) is 7.47. The Kier molecular flexibility index (Phi) is 8.33. The Bertz CT molecular complexity index is 1990. The molecular formula is C35H29N3O6S2. The molecule has 3 heterocycles. The van der Waals surface area contributed by atoms with Crippen molar-refractivity contribution >= 4 is 56.5 Å². The second-order valence-electron chi connectivity index (χ2n) is 10.7. The highest BCUT2D eigenvalue weighted by molar-refractivity contribution is 8.00. The quantitative estimate of drug-likeness (QED) is 0.0583. The highest BCUT2D eigenvalue weighted by Crippen LogP contribution is 2.45. The van der Waals surface area contributed by atoms with E-state index in [-0.39, 0.29) is 16.5 Å². The number of ether oxygens (including phenoxy) is 3. The number of nitrogens with zero attached hydrogens (tertiary/aromatic N) is 3. The molecular weight excluding hydrogens is 623 g/mol. The van der Waals surface area contributed by atoms with Crippen LogP contribution in [0.3, 0.4) is 0 Å². The number of Topliss-reactive ketones (excluding diaryl/α,β-unsaturated/α-hetero) is 1. The van der Waals surface area contributed by atoms with Gasteiger partial charge in [0, 0.05) is 11.3 Å².